The van der Waals surface area contributed by atoms with E-state index >= 15 is 0 Å². The number of nitrogens with one attached hydrogen (secondary N) is 1. The average Bonchev–Trinajstić information content (AvgIpc) is 2.22. The van der Waals surface area contributed by atoms with E-state index in [1.54, 1.807) is 18.2 Å². The minimum atomic E-state index is -0.257. The van der Waals surface area contributed by atoms with Crippen molar-refractivity contribution in [1.29, 1.82) is 0 Å². The Morgan fingerprint density at radius 3 is 2.62 bits per heavy atom. The largest absolute Gasteiger partial charge is 0.506 e. The number of phenolic OH excluding ortho intramolecular Hbond substituents is 1. The number of benzene rings is 1. The Bertz CT molecular complexity index is 391. The fourth-order valence-corrected chi connectivity index (χ4v) is 1.37. The zero-order valence-corrected chi connectivity index (χ0v) is 11.2. The van der Waals surface area contributed by atoms with Gasteiger partial charge < -0.3 is 10.4 Å². The maximum atomic E-state index is 11.7. The summed E-state index contributed by atoms with van der Waals surface area (Å²) in [5.41, 5.74) is 1.44. The van der Waals surface area contributed by atoms with Gasteiger partial charge in [0.05, 0.1) is 10.5 Å². The van der Waals surface area contributed by atoms with Crippen molar-refractivity contribution in [2.75, 3.05) is 5.32 Å². The van der Waals surface area contributed by atoms with Crippen molar-refractivity contribution >= 4 is 27.5 Å². The highest BCUT2D eigenvalue weighted by molar-refractivity contribution is 9.10. The normalized spacial score (nSPS) is 12.6. The Morgan fingerprint density at radius 2 is 2.06 bits per heavy atom. The van der Waals surface area contributed by atoms with Crippen LogP contribution in [-0.2, 0) is 4.79 Å². The summed E-state index contributed by atoms with van der Waals surface area (Å²) in [5, 5.41) is 12.3. The molecular weight excluding hydrogens is 270 g/mol. The molecule has 0 bridgehead atoms. The monoisotopic (exact) mass is 285 g/mol. The fourth-order valence-electron chi connectivity index (χ4n) is 1.25. The maximum absolute atomic E-state index is 11.7. The minimum Gasteiger partial charge on any atom is -0.506 e. The number of carbonyl (C=O) groups excluding carboxylic acids is 1. The Morgan fingerprint density at radius 1 is 1.44 bits per heavy atom. The highest BCUT2D eigenvalue weighted by atomic mass is 79.9. The van der Waals surface area contributed by atoms with Crippen LogP contribution in [-0.4, -0.2) is 15.8 Å². The van der Waals surface area contributed by atoms with Gasteiger partial charge in [0, 0.05) is 0 Å². The highest BCUT2D eigenvalue weighted by Crippen LogP contribution is 2.25. The molecule has 1 aromatic carbocycles. The van der Waals surface area contributed by atoms with Crippen molar-refractivity contribution in [3.05, 3.63) is 23.8 Å². The summed E-state index contributed by atoms with van der Waals surface area (Å²) in [6.45, 7) is 5.81. The van der Waals surface area contributed by atoms with Crippen molar-refractivity contribution in [2.24, 2.45) is 5.92 Å². The van der Waals surface area contributed by atoms with Crippen LogP contribution < -0.4 is 5.32 Å². The fraction of sp³-hybridized carbons (Fsp3) is 0.417. The lowest BCUT2D eigenvalue weighted by molar-refractivity contribution is -0.116. The first-order valence-corrected chi connectivity index (χ1v) is 6.08. The summed E-state index contributed by atoms with van der Waals surface area (Å²) >= 11 is 3.31. The molecule has 1 atom stereocenters. The van der Waals surface area contributed by atoms with Gasteiger partial charge >= 0.3 is 0 Å². The van der Waals surface area contributed by atoms with Crippen molar-refractivity contribution in [3.8, 4) is 5.75 Å². The summed E-state index contributed by atoms with van der Waals surface area (Å²) in [4.78, 5) is 11.5. The van der Waals surface area contributed by atoms with E-state index in [4.69, 9.17) is 0 Å². The van der Waals surface area contributed by atoms with Gasteiger partial charge in [0.15, 0.2) is 0 Å². The van der Waals surface area contributed by atoms with E-state index in [0.29, 0.717) is 5.69 Å². The van der Waals surface area contributed by atoms with Crippen molar-refractivity contribution in [3.63, 3.8) is 0 Å². The third-order valence-electron chi connectivity index (χ3n) is 2.25. The second-order valence-electron chi connectivity index (χ2n) is 4.16. The number of aryl methyl sites for hydroxylation is 1. The molecule has 16 heavy (non-hydrogen) atoms. The molecular formula is C12H16BrNO2. The van der Waals surface area contributed by atoms with Crippen LogP contribution in [0.15, 0.2) is 18.2 Å². The smallest absolute Gasteiger partial charge is 0.238 e. The predicted molar refractivity (Wildman–Crippen MR) is 69.0 cm³/mol. The van der Waals surface area contributed by atoms with Gasteiger partial charge in [0.1, 0.15) is 5.75 Å². The van der Waals surface area contributed by atoms with Crippen LogP contribution in [0.3, 0.4) is 0 Å². The molecule has 0 aliphatic heterocycles. The molecule has 0 aliphatic rings. The van der Waals surface area contributed by atoms with E-state index in [2.05, 4.69) is 21.2 Å². The molecule has 0 aromatic heterocycles. The lowest BCUT2D eigenvalue weighted by Gasteiger charge is -2.14. The van der Waals surface area contributed by atoms with E-state index in [9.17, 15) is 9.90 Å². The molecule has 0 fully saturated rings. The second kappa shape index (κ2) is 5.34. The molecule has 1 amide bonds. The van der Waals surface area contributed by atoms with Gasteiger partial charge in [0.2, 0.25) is 5.91 Å². The van der Waals surface area contributed by atoms with Crippen molar-refractivity contribution < 1.29 is 9.90 Å². The average molecular weight is 286 g/mol. The number of anilines is 1. The topological polar surface area (TPSA) is 49.3 Å². The van der Waals surface area contributed by atoms with Gasteiger partial charge in [-0.25, -0.2) is 0 Å². The van der Waals surface area contributed by atoms with Crippen molar-refractivity contribution in [1.82, 2.24) is 0 Å². The SMILES string of the molecule is Cc1ccc(O)c(NC(=O)C(Br)C(C)C)c1. The molecule has 0 aliphatic carbocycles. The zero-order valence-electron chi connectivity index (χ0n) is 9.62. The third-order valence-corrected chi connectivity index (χ3v) is 3.72. The first kappa shape index (κ1) is 13.0. The minimum absolute atomic E-state index is 0.0856. The van der Waals surface area contributed by atoms with Gasteiger partial charge in [-0.2, -0.15) is 0 Å². The zero-order chi connectivity index (χ0) is 12.3. The Labute approximate surface area is 104 Å². The van der Waals surface area contributed by atoms with Gasteiger partial charge in [-0.05, 0) is 30.5 Å². The third kappa shape index (κ3) is 3.23. The van der Waals surface area contributed by atoms with E-state index in [0.717, 1.165) is 5.56 Å². The Balaban J connectivity index is 2.80. The summed E-state index contributed by atoms with van der Waals surface area (Å²) in [7, 11) is 0. The summed E-state index contributed by atoms with van der Waals surface area (Å²) in [6, 6.07) is 5.11. The number of hydrogen-bond donors (Lipinski definition) is 2. The number of carbonyl (C=O) groups is 1. The number of hydrogen-bond acceptors (Lipinski definition) is 2. The summed E-state index contributed by atoms with van der Waals surface area (Å²) < 4.78 is 0. The quantitative estimate of drug-likeness (QED) is 0.662. The van der Waals surface area contributed by atoms with Crippen LogP contribution in [0, 0.1) is 12.8 Å². The molecule has 0 saturated heterocycles. The number of amides is 1. The highest BCUT2D eigenvalue weighted by Gasteiger charge is 2.19. The molecule has 4 heteroatoms. The molecule has 1 rings (SSSR count). The number of aromatic hydroxyl groups is 1. The molecule has 0 heterocycles. The molecule has 3 nitrogen and oxygen atoms in total. The van der Waals surface area contributed by atoms with E-state index in [1.807, 2.05) is 20.8 Å². The van der Waals surface area contributed by atoms with Gasteiger partial charge in [-0.3, -0.25) is 4.79 Å². The molecule has 1 unspecified atom stereocenters. The Hall–Kier alpha value is -1.03. The number of alkyl halides is 1. The number of phenols is 1. The van der Waals surface area contributed by atoms with Crippen LogP contribution in [0.4, 0.5) is 5.69 Å². The lowest BCUT2D eigenvalue weighted by atomic mass is 10.1. The van der Waals surface area contributed by atoms with Gasteiger partial charge in [-0.15, -0.1) is 0 Å². The standard InChI is InChI=1S/C12H16BrNO2/c1-7(2)11(13)12(16)14-9-6-8(3)4-5-10(9)15/h4-7,11,15H,1-3H3,(H,14,16). The number of halogens is 1. The van der Waals surface area contributed by atoms with Crippen LogP contribution in [0.1, 0.15) is 19.4 Å². The number of rotatable bonds is 3. The summed E-state index contributed by atoms with van der Waals surface area (Å²) in [6.07, 6.45) is 0. The molecule has 0 saturated carbocycles. The van der Waals surface area contributed by atoms with Crippen LogP contribution in [0.5, 0.6) is 5.75 Å². The summed E-state index contributed by atoms with van der Waals surface area (Å²) in [5.74, 6) is 0.144. The van der Waals surface area contributed by atoms with E-state index in [1.165, 1.54) is 0 Å². The first-order chi connectivity index (χ1) is 7.41. The Kier molecular flexibility index (Phi) is 4.35. The molecule has 2 N–H and O–H groups in total. The van der Waals surface area contributed by atoms with Crippen molar-refractivity contribution in [2.45, 2.75) is 25.6 Å². The second-order valence-corrected chi connectivity index (χ2v) is 5.14. The van der Waals surface area contributed by atoms with E-state index in [-0.39, 0.29) is 22.4 Å². The molecule has 0 spiro atoms. The van der Waals surface area contributed by atoms with E-state index < -0.39 is 0 Å². The lowest BCUT2D eigenvalue weighted by Crippen LogP contribution is -2.27. The first-order valence-electron chi connectivity index (χ1n) is 5.16. The van der Waals surface area contributed by atoms with Crippen LogP contribution >= 0.6 is 15.9 Å². The van der Waals surface area contributed by atoms with Crippen LogP contribution in [0.25, 0.3) is 0 Å². The van der Waals surface area contributed by atoms with Gasteiger partial charge in [0.25, 0.3) is 0 Å². The molecule has 0 radical (unpaired) electrons. The molecule has 88 valence electrons. The maximum Gasteiger partial charge on any atom is 0.238 e. The predicted octanol–water partition coefficient (Wildman–Crippen LogP) is 3.06. The van der Waals surface area contributed by atoms with Crippen LogP contribution in [0.2, 0.25) is 0 Å². The molecule has 1 aromatic rings. The van der Waals surface area contributed by atoms with Gasteiger partial charge in [-0.1, -0.05) is 35.8 Å².